The summed E-state index contributed by atoms with van der Waals surface area (Å²) in [6.45, 7) is 3.07. The summed E-state index contributed by atoms with van der Waals surface area (Å²) in [4.78, 5) is 14.6. The predicted molar refractivity (Wildman–Crippen MR) is 105 cm³/mol. The summed E-state index contributed by atoms with van der Waals surface area (Å²) in [5, 5.41) is 3.41. The van der Waals surface area contributed by atoms with E-state index in [4.69, 9.17) is 9.47 Å². The van der Waals surface area contributed by atoms with Crippen LogP contribution in [-0.4, -0.2) is 56.0 Å². The minimum atomic E-state index is -0.228. The fourth-order valence-corrected chi connectivity index (χ4v) is 4.48. The van der Waals surface area contributed by atoms with Gasteiger partial charge in [0, 0.05) is 19.0 Å². The Hall–Kier alpha value is -2.08. The number of ether oxygens (including phenoxy) is 2. The molecule has 5 nitrogen and oxygen atoms in total. The van der Waals surface area contributed by atoms with Crippen molar-refractivity contribution in [2.75, 3.05) is 32.9 Å². The first-order chi connectivity index (χ1) is 12.8. The zero-order valence-electron chi connectivity index (χ0n) is 15.0. The zero-order valence-corrected chi connectivity index (χ0v) is 15.8. The molecule has 0 saturated carbocycles. The number of halogens is 1. The molecule has 0 bridgehead atoms. The Kier molecular flexibility index (Phi) is 5.08. The molecular weight excluding hydrogens is 364 g/mol. The van der Waals surface area contributed by atoms with Crippen LogP contribution in [0, 0.1) is 0 Å². The maximum atomic E-state index is 12.7. The molecular formula is C21H23ClN2O3. The number of benzene rings is 2. The molecule has 5 rings (SSSR count). The van der Waals surface area contributed by atoms with Crippen molar-refractivity contribution >= 4 is 18.5 Å². The minimum absolute atomic E-state index is 0. The first-order valence-electron chi connectivity index (χ1n) is 9.25. The van der Waals surface area contributed by atoms with Crippen molar-refractivity contribution in [3.63, 3.8) is 0 Å². The third kappa shape index (κ3) is 3.10. The number of hydrogen-bond donors (Lipinski definition) is 1. The number of carbonyl (C=O) groups is 1. The highest BCUT2D eigenvalue weighted by molar-refractivity contribution is 5.85. The molecule has 2 atom stereocenters. The number of rotatable bonds is 2. The summed E-state index contributed by atoms with van der Waals surface area (Å²) in [6, 6.07) is 17.1. The van der Waals surface area contributed by atoms with E-state index < -0.39 is 0 Å². The first-order valence-corrected chi connectivity index (χ1v) is 9.25. The summed E-state index contributed by atoms with van der Waals surface area (Å²) >= 11 is 0. The molecule has 1 aliphatic carbocycles. The van der Waals surface area contributed by atoms with Crippen LogP contribution in [0.15, 0.2) is 48.5 Å². The number of amides is 1. The second kappa shape index (κ2) is 7.50. The van der Waals surface area contributed by atoms with E-state index >= 15 is 0 Å². The van der Waals surface area contributed by atoms with Crippen LogP contribution in [0.2, 0.25) is 0 Å². The number of nitrogens with one attached hydrogen (secondary N) is 1. The van der Waals surface area contributed by atoms with E-state index in [-0.39, 0.29) is 36.5 Å². The van der Waals surface area contributed by atoms with Gasteiger partial charge < -0.3 is 14.8 Å². The number of piperazine rings is 1. The van der Waals surface area contributed by atoms with Crippen LogP contribution in [-0.2, 0) is 9.47 Å². The molecule has 2 aliphatic heterocycles. The molecule has 3 aliphatic rings. The number of hydrogen-bond acceptors (Lipinski definition) is 4. The Labute approximate surface area is 165 Å². The van der Waals surface area contributed by atoms with E-state index in [0.29, 0.717) is 26.4 Å². The van der Waals surface area contributed by atoms with Gasteiger partial charge in [0.1, 0.15) is 6.61 Å². The molecule has 0 radical (unpaired) electrons. The standard InChI is InChI=1S/C21H22N2O3.ClH/c24-21(23-10-9-22-19-12-25-13-20(19)23)26-11-18-16-7-3-1-5-14(16)15-6-2-4-8-17(15)18;/h1-8,18-20,22H,9-13H2;1H. The van der Waals surface area contributed by atoms with Crippen molar-refractivity contribution in [3.05, 3.63) is 59.7 Å². The van der Waals surface area contributed by atoms with Gasteiger partial charge in [0.25, 0.3) is 0 Å². The Morgan fingerprint density at radius 2 is 1.74 bits per heavy atom. The average Bonchev–Trinajstić information content (AvgIpc) is 3.29. The Morgan fingerprint density at radius 3 is 2.44 bits per heavy atom. The van der Waals surface area contributed by atoms with Gasteiger partial charge in [0.15, 0.2) is 0 Å². The largest absolute Gasteiger partial charge is 0.448 e. The van der Waals surface area contributed by atoms with Crippen molar-refractivity contribution < 1.29 is 14.3 Å². The zero-order chi connectivity index (χ0) is 17.5. The second-order valence-corrected chi connectivity index (χ2v) is 7.16. The summed E-state index contributed by atoms with van der Waals surface area (Å²) in [5.41, 5.74) is 4.97. The summed E-state index contributed by atoms with van der Waals surface area (Å²) in [6.07, 6.45) is -0.228. The smallest absolute Gasteiger partial charge is 0.410 e. The van der Waals surface area contributed by atoms with E-state index in [2.05, 4.69) is 53.8 Å². The van der Waals surface area contributed by atoms with Crippen molar-refractivity contribution in [2.45, 2.75) is 18.0 Å². The molecule has 2 saturated heterocycles. The second-order valence-electron chi connectivity index (χ2n) is 7.16. The third-order valence-electron chi connectivity index (χ3n) is 5.78. The van der Waals surface area contributed by atoms with E-state index in [9.17, 15) is 4.79 Å². The van der Waals surface area contributed by atoms with Crippen LogP contribution < -0.4 is 5.32 Å². The van der Waals surface area contributed by atoms with Crippen molar-refractivity contribution in [1.82, 2.24) is 10.2 Å². The van der Waals surface area contributed by atoms with E-state index in [1.165, 1.54) is 22.3 Å². The van der Waals surface area contributed by atoms with Gasteiger partial charge in [-0.25, -0.2) is 4.79 Å². The molecule has 2 heterocycles. The maximum Gasteiger partial charge on any atom is 0.410 e. The molecule has 2 fully saturated rings. The lowest BCUT2D eigenvalue weighted by Gasteiger charge is -2.36. The topological polar surface area (TPSA) is 50.8 Å². The molecule has 2 aromatic rings. The minimum Gasteiger partial charge on any atom is -0.448 e. The van der Waals surface area contributed by atoms with Crippen LogP contribution in [0.25, 0.3) is 11.1 Å². The molecule has 6 heteroatoms. The van der Waals surface area contributed by atoms with E-state index in [1.807, 2.05) is 4.90 Å². The van der Waals surface area contributed by atoms with Crippen molar-refractivity contribution in [1.29, 1.82) is 0 Å². The van der Waals surface area contributed by atoms with E-state index in [0.717, 1.165) is 6.54 Å². The molecule has 2 unspecified atom stereocenters. The normalized spacial score (nSPS) is 23.2. The molecule has 0 aromatic heterocycles. The summed E-state index contributed by atoms with van der Waals surface area (Å²) in [7, 11) is 0. The van der Waals surface area contributed by atoms with Gasteiger partial charge in [-0.1, -0.05) is 48.5 Å². The fourth-order valence-electron chi connectivity index (χ4n) is 4.48. The van der Waals surface area contributed by atoms with Crippen LogP contribution in [0.4, 0.5) is 4.79 Å². The highest BCUT2D eigenvalue weighted by Crippen LogP contribution is 2.44. The molecule has 1 amide bonds. The fraction of sp³-hybridized carbons (Fsp3) is 0.381. The predicted octanol–water partition coefficient (Wildman–Crippen LogP) is 3.03. The molecule has 2 aromatic carbocycles. The van der Waals surface area contributed by atoms with Crippen molar-refractivity contribution in [2.24, 2.45) is 0 Å². The number of fused-ring (bicyclic) bond motifs is 4. The highest BCUT2D eigenvalue weighted by Gasteiger charge is 2.39. The van der Waals surface area contributed by atoms with Gasteiger partial charge >= 0.3 is 6.09 Å². The number of carbonyl (C=O) groups excluding carboxylic acids is 1. The molecule has 0 spiro atoms. The van der Waals surface area contributed by atoms with Crippen LogP contribution in [0.3, 0.4) is 0 Å². The lowest BCUT2D eigenvalue weighted by atomic mass is 9.98. The van der Waals surface area contributed by atoms with Gasteiger partial charge in [-0.2, -0.15) is 0 Å². The first kappa shape index (κ1) is 18.3. The quantitative estimate of drug-likeness (QED) is 0.862. The molecule has 27 heavy (non-hydrogen) atoms. The van der Waals surface area contributed by atoms with Gasteiger partial charge in [0.2, 0.25) is 0 Å². The number of nitrogens with zero attached hydrogens (tertiary/aromatic N) is 1. The summed E-state index contributed by atoms with van der Waals surface area (Å²) < 4.78 is 11.3. The van der Waals surface area contributed by atoms with Gasteiger partial charge in [-0.3, -0.25) is 4.90 Å². The highest BCUT2D eigenvalue weighted by atomic mass is 35.5. The molecule has 142 valence electrons. The Balaban J connectivity index is 0.00000180. The van der Waals surface area contributed by atoms with Crippen LogP contribution in [0.5, 0.6) is 0 Å². The lowest BCUT2D eigenvalue weighted by Crippen LogP contribution is -2.59. The summed E-state index contributed by atoms with van der Waals surface area (Å²) in [5.74, 6) is 0.102. The SMILES string of the molecule is Cl.O=C(OCC1c2ccccc2-c2ccccc21)N1CCNC2COCC21. The van der Waals surface area contributed by atoms with Gasteiger partial charge in [-0.15, -0.1) is 12.4 Å². The van der Waals surface area contributed by atoms with Crippen LogP contribution >= 0.6 is 12.4 Å². The Morgan fingerprint density at radius 1 is 1.07 bits per heavy atom. The molecule has 1 N–H and O–H groups in total. The van der Waals surface area contributed by atoms with Crippen molar-refractivity contribution in [3.8, 4) is 11.1 Å². The van der Waals surface area contributed by atoms with Gasteiger partial charge in [0.05, 0.1) is 25.3 Å². The average molecular weight is 387 g/mol. The maximum absolute atomic E-state index is 12.7. The van der Waals surface area contributed by atoms with Gasteiger partial charge in [-0.05, 0) is 22.3 Å². The van der Waals surface area contributed by atoms with E-state index in [1.54, 1.807) is 0 Å². The lowest BCUT2D eigenvalue weighted by molar-refractivity contribution is 0.0679. The Bertz CT molecular complexity index is 798. The third-order valence-corrected chi connectivity index (χ3v) is 5.78. The monoisotopic (exact) mass is 386 g/mol. The van der Waals surface area contributed by atoms with Crippen LogP contribution in [0.1, 0.15) is 17.0 Å².